The lowest BCUT2D eigenvalue weighted by Crippen LogP contribution is -2.29. The molecule has 0 aromatic carbocycles. The van der Waals surface area contributed by atoms with Gasteiger partial charge in [0, 0.05) is 6.20 Å². The maximum atomic E-state index is 11.8. The van der Waals surface area contributed by atoms with E-state index in [9.17, 15) is 19.2 Å². The summed E-state index contributed by atoms with van der Waals surface area (Å²) in [5.74, 6) is -2.49. The number of nitrogens with two attached hydrogens (primary N) is 1. The molecule has 21 heavy (non-hydrogen) atoms. The zero-order valence-corrected chi connectivity index (χ0v) is 11.7. The lowest BCUT2D eigenvalue weighted by Gasteiger charge is -2.11. The van der Waals surface area contributed by atoms with Gasteiger partial charge in [-0.2, -0.15) is 0 Å². The summed E-state index contributed by atoms with van der Waals surface area (Å²) < 4.78 is 9.58. The van der Waals surface area contributed by atoms with Crippen LogP contribution in [0.3, 0.4) is 0 Å². The SMILES string of the molecule is CCOC(=O)Cc1c(C(=O)OCC)c[nH]c(=O)c1C(N)=O. The fourth-order valence-electron chi connectivity index (χ4n) is 1.76. The normalized spacial score (nSPS) is 10.0. The van der Waals surface area contributed by atoms with Gasteiger partial charge in [0.1, 0.15) is 5.56 Å². The Bertz CT molecular complexity index is 620. The number of pyridine rings is 1. The van der Waals surface area contributed by atoms with E-state index in [0.717, 1.165) is 6.20 Å². The van der Waals surface area contributed by atoms with Crippen molar-refractivity contribution in [3.8, 4) is 0 Å². The first kappa shape index (κ1) is 16.4. The van der Waals surface area contributed by atoms with Gasteiger partial charge in [0.25, 0.3) is 11.5 Å². The number of H-pyrrole nitrogens is 1. The van der Waals surface area contributed by atoms with Crippen molar-refractivity contribution in [2.75, 3.05) is 13.2 Å². The number of esters is 2. The Morgan fingerprint density at radius 2 is 1.81 bits per heavy atom. The lowest BCUT2D eigenvalue weighted by molar-refractivity contribution is -0.142. The second-order valence-electron chi connectivity index (χ2n) is 3.95. The molecule has 1 amide bonds. The van der Waals surface area contributed by atoms with E-state index in [1.807, 2.05) is 0 Å². The molecule has 8 heteroatoms. The molecule has 0 fully saturated rings. The molecular formula is C13H16N2O6. The van der Waals surface area contributed by atoms with E-state index in [2.05, 4.69) is 4.98 Å². The minimum absolute atomic E-state index is 0.0943. The molecule has 0 radical (unpaired) electrons. The van der Waals surface area contributed by atoms with E-state index >= 15 is 0 Å². The monoisotopic (exact) mass is 296 g/mol. The second-order valence-corrected chi connectivity index (χ2v) is 3.95. The molecule has 1 heterocycles. The van der Waals surface area contributed by atoms with Crippen molar-refractivity contribution in [3.63, 3.8) is 0 Å². The van der Waals surface area contributed by atoms with Crippen molar-refractivity contribution < 1.29 is 23.9 Å². The predicted octanol–water partition coefficient (Wildman–Crippen LogP) is -0.244. The minimum Gasteiger partial charge on any atom is -0.466 e. The number of carbonyl (C=O) groups excluding carboxylic acids is 3. The average molecular weight is 296 g/mol. The fourth-order valence-corrected chi connectivity index (χ4v) is 1.76. The van der Waals surface area contributed by atoms with Gasteiger partial charge >= 0.3 is 11.9 Å². The highest BCUT2D eigenvalue weighted by Crippen LogP contribution is 2.13. The van der Waals surface area contributed by atoms with E-state index in [0.29, 0.717) is 0 Å². The molecule has 114 valence electrons. The van der Waals surface area contributed by atoms with Gasteiger partial charge in [0.05, 0.1) is 25.2 Å². The Balaban J connectivity index is 3.40. The van der Waals surface area contributed by atoms with Gasteiger partial charge in [-0.25, -0.2) is 4.79 Å². The van der Waals surface area contributed by atoms with Crippen LogP contribution in [-0.4, -0.2) is 36.0 Å². The topological polar surface area (TPSA) is 129 Å². The Labute approximate surface area is 120 Å². The Kier molecular flexibility index (Phi) is 5.65. The molecule has 1 aromatic heterocycles. The van der Waals surface area contributed by atoms with Crippen LogP contribution >= 0.6 is 0 Å². The quantitative estimate of drug-likeness (QED) is 0.697. The van der Waals surface area contributed by atoms with Crippen molar-refractivity contribution >= 4 is 17.8 Å². The number of aromatic nitrogens is 1. The number of ether oxygens (including phenoxy) is 2. The van der Waals surface area contributed by atoms with Crippen LogP contribution in [0.1, 0.15) is 40.1 Å². The summed E-state index contributed by atoms with van der Waals surface area (Å²) in [6.45, 7) is 3.44. The predicted molar refractivity (Wildman–Crippen MR) is 71.9 cm³/mol. The third-order valence-corrected chi connectivity index (χ3v) is 2.57. The van der Waals surface area contributed by atoms with Gasteiger partial charge in [-0.05, 0) is 19.4 Å². The number of hydrogen-bond donors (Lipinski definition) is 2. The molecule has 8 nitrogen and oxygen atoms in total. The van der Waals surface area contributed by atoms with Gasteiger partial charge in [0.2, 0.25) is 0 Å². The van der Waals surface area contributed by atoms with E-state index in [1.54, 1.807) is 13.8 Å². The molecule has 0 saturated heterocycles. The molecule has 0 aliphatic rings. The van der Waals surface area contributed by atoms with Gasteiger partial charge in [-0.1, -0.05) is 0 Å². The summed E-state index contributed by atoms with van der Waals surface area (Å²) in [6.07, 6.45) is 0.658. The molecule has 0 spiro atoms. The molecule has 1 aromatic rings. The third-order valence-electron chi connectivity index (χ3n) is 2.57. The number of hydrogen-bond acceptors (Lipinski definition) is 6. The van der Waals surface area contributed by atoms with Crippen LogP contribution < -0.4 is 11.3 Å². The number of aromatic amines is 1. The van der Waals surface area contributed by atoms with Crippen molar-refractivity contribution in [1.29, 1.82) is 0 Å². The van der Waals surface area contributed by atoms with Crippen LogP contribution in [0.5, 0.6) is 0 Å². The first-order chi connectivity index (χ1) is 9.92. The van der Waals surface area contributed by atoms with E-state index < -0.39 is 35.4 Å². The molecule has 0 saturated carbocycles. The zero-order valence-electron chi connectivity index (χ0n) is 11.7. The maximum Gasteiger partial charge on any atom is 0.339 e. The standard InChI is InChI=1S/C13H16N2O6/c1-3-20-9(16)5-7-8(13(19)21-4-2)6-15-12(18)10(7)11(14)17/h6H,3-5H2,1-2H3,(H2,14,17)(H,15,18). The molecule has 0 aliphatic carbocycles. The number of primary amides is 1. The summed E-state index contributed by atoms with van der Waals surface area (Å²) in [5.41, 5.74) is 3.72. The highest BCUT2D eigenvalue weighted by atomic mass is 16.5. The van der Waals surface area contributed by atoms with E-state index in [4.69, 9.17) is 15.2 Å². The van der Waals surface area contributed by atoms with Crippen molar-refractivity contribution in [2.45, 2.75) is 20.3 Å². The van der Waals surface area contributed by atoms with Crippen LogP contribution in [0.4, 0.5) is 0 Å². The summed E-state index contributed by atoms with van der Waals surface area (Å²) in [6, 6.07) is 0. The summed E-state index contributed by atoms with van der Waals surface area (Å²) >= 11 is 0. The molecule has 0 bridgehead atoms. The first-order valence-electron chi connectivity index (χ1n) is 6.29. The lowest BCUT2D eigenvalue weighted by atomic mass is 10.0. The maximum absolute atomic E-state index is 11.8. The Morgan fingerprint density at radius 1 is 1.19 bits per heavy atom. The van der Waals surface area contributed by atoms with E-state index in [-0.39, 0.29) is 24.3 Å². The molecule has 3 N–H and O–H groups in total. The molecule has 0 atom stereocenters. The van der Waals surface area contributed by atoms with Crippen LogP contribution in [-0.2, 0) is 20.7 Å². The van der Waals surface area contributed by atoms with Crippen LogP contribution in [0.2, 0.25) is 0 Å². The van der Waals surface area contributed by atoms with Crippen LogP contribution in [0, 0.1) is 0 Å². The van der Waals surface area contributed by atoms with Crippen molar-refractivity contribution in [3.05, 3.63) is 33.2 Å². The van der Waals surface area contributed by atoms with Gasteiger partial charge in [-0.15, -0.1) is 0 Å². The summed E-state index contributed by atoms with van der Waals surface area (Å²) in [4.78, 5) is 48.8. The molecule has 0 unspecified atom stereocenters. The van der Waals surface area contributed by atoms with Crippen molar-refractivity contribution in [1.82, 2.24) is 4.98 Å². The number of rotatable bonds is 6. The largest absolute Gasteiger partial charge is 0.466 e. The van der Waals surface area contributed by atoms with Gasteiger partial charge in [0.15, 0.2) is 0 Å². The molecule has 0 aliphatic heterocycles. The molecular weight excluding hydrogens is 280 g/mol. The van der Waals surface area contributed by atoms with Gasteiger partial charge < -0.3 is 20.2 Å². The minimum atomic E-state index is -1.04. The second kappa shape index (κ2) is 7.22. The summed E-state index contributed by atoms with van der Waals surface area (Å²) in [7, 11) is 0. The fraction of sp³-hybridized carbons (Fsp3) is 0.385. The number of nitrogens with one attached hydrogen (secondary N) is 1. The van der Waals surface area contributed by atoms with Crippen LogP contribution in [0.15, 0.2) is 11.0 Å². The first-order valence-corrected chi connectivity index (χ1v) is 6.29. The average Bonchev–Trinajstić information content (AvgIpc) is 2.38. The van der Waals surface area contributed by atoms with E-state index in [1.165, 1.54) is 0 Å². The number of amides is 1. The number of carbonyl (C=O) groups is 3. The third kappa shape index (κ3) is 3.91. The highest BCUT2D eigenvalue weighted by molar-refractivity contribution is 6.00. The van der Waals surface area contributed by atoms with Crippen molar-refractivity contribution in [2.24, 2.45) is 5.73 Å². The Hall–Kier alpha value is -2.64. The smallest absolute Gasteiger partial charge is 0.339 e. The van der Waals surface area contributed by atoms with Gasteiger partial charge in [-0.3, -0.25) is 14.4 Å². The Morgan fingerprint density at radius 3 is 2.33 bits per heavy atom. The highest BCUT2D eigenvalue weighted by Gasteiger charge is 2.24. The zero-order chi connectivity index (χ0) is 16.0. The van der Waals surface area contributed by atoms with Crippen LogP contribution in [0.25, 0.3) is 0 Å². The summed E-state index contributed by atoms with van der Waals surface area (Å²) in [5, 5.41) is 0. The molecule has 1 rings (SSSR count).